The fourth-order valence-corrected chi connectivity index (χ4v) is 2.18. The largest absolute Gasteiger partial charge is 0.397 e. The van der Waals surface area contributed by atoms with Gasteiger partial charge in [0, 0.05) is 32.4 Å². The Bertz CT molecular complexity index is 340. The van der Waals surface area contributed by atoms with Gasteiger partial charge in [0.1, 0.15) is 0 Å². The highest BCUT2D eigenvalue weighted by atomic mass is 16.5. The molecule has 0 aliphatic carbocycles. The number of methoxy groups -OCH3 is 1. The number of hydrogen-bond donors (Lipinski definition) is 1. The minimum Gasteiger partial charge on any atom is -0.397 e. The van der Waals surface area contributed by atoms with E-state index in [1.54, 1.807) is 13.3 Å². The summed E-state index contributed by atoms with van der Waals surface area (Å²) in [4.78, 5) is 6.77. The predicted octanol–water partition coefficient (Wildman–Crippen LogP) is 2.30. The number of anilines is 1. The van der Waals surface area contributed by atoms with Crippen LogP contribution in [0, 0.1) is 0 Å². The molecule has 0 amide bonds. The molecule has 18 heavy (non-hydrogen) atoms. The first kappa shape index (κ1) is 14.9. The van der Waals surface area contributed by atoms with Gasteiger partial charge in [0.25, 0.3) is 0 Å². The summed E-state index contributed by atoms with van der Waals surface area (Å²) in [5, 5.41) is 0. The monoisotopic (exact) mass is 251 g/mol. The third-order valence-corrected chi connectivity index (χ3v) is 3.32. The normalized spacial score (nSPS) is 11.4. The van der Waals surface area contributed by atoms with Crippen LogP contribution in [0.2, 0.25) is 0 Å². The van der Waals surface area contributed by atoms with E-state index in [-0.39, 0.29) is 0 Å². The first-order valence-corrected chi connectivity index (χ1v) is 6.65. The van der Waals surface area contributed by atoms with Crippen LogP contribution in [0.25, 0.3) is 0 Å². The molecule has 4 nitrogen and oxygen atoms in total. The fourth-order valence-electron chi connectivity index (χ4n) is 2.18. The molecule has 0 saturated heterocycles. The van der Waals surface area contributed by atoms with Crippen LogP contribution in [0.4, 0.5) is 5.69 Å². The maximum Gasteiger partial charge on any atom is 0.0772 e. The molecule has 0 atom stereocenters. The Balaban J connectivity index is 2.74. The summed E-state index contributed by atoms with van der Waals surface area (Å²) in [6, 6.07) is 4.33. The lowest BCUT2D eigenvalue weighted by molar-refractivity contribution is 0.109. The zero-order valence-electron chi connectivity index (χ0n) is 11.7. The Morgan fingerprint density at radius 3 is 2.67 bits per heavy atom. The molecule has 0 radical (unpaired) electrons. The van der Waals surface area contributed by atoms with Crippen molar-refractivity contribution < 1.29 is 4.74 Å². The molecule has 1 aromatic heterocycles. The summed E-state index contributed by atoms with van der Waals surface area (Å²) in [5.74, 6) is 0. The van der Waals surface area contributed by atoms with Gasteiger partial charge in [-0.2, -0.15) is 0 Å². The number of nitrogen functional groups attached to an aromatic ring is 1. The van der Waals surface area contributed by atoms with Crippen LogP contribution in [-0.2, 0) is 11.3 Å². The number of aromatic nitrogens is 1. The van der Waals surface area contributed by atoms with Crippen LogP contribution in [0.5, 0.6) is 0 Å². The van der Waals surface area contributed by atoms with E-state index in [1.165, 1.54) is 0 Å². The molecule has 0 aliphatic rings. The quantitative estimate of drug-likeness (QED) is 0.770. The Morgan fingerprint density at radius 2 is 2.11 bits per heavy atom. The van der Waals surface area contributed by atoms with Gasteiger partial charge in [-0.1, -0.05) is 13.8 Å². The van der Waals surface area contributed by atoms with Crippen molar-refractivity contribution in [2.75, 3.05) is 26.0 Å². The first-order valence-electron chi connectivity index (χ1n) is 6.65. The number of nitrogens with two attached hydrogens (primary N) is 1. The summed E-state index contributed by atoms with van der Waals surface area (Å²) < 4.78 is 5.19. The van der Waals surface area contributed by atoms with Crippen LogP contribution >= 0.6 is 0 Å². The lowest BCUT2D eigenvalue weighted by atomic mass is 10.1. The minimum absolute atomic E-state index is 0.557. The summed E-state index contributed by atoms with van der Waals surface area (Å²) in [6.07, 6.45) is 4.06. The molecule has 1 heterocycles. The molecule has 1 rings (SSSR count). The van der Waals surface area contributed by atoms with Crippen LogP contribution in [0.3, 0.4) is 0 Å². The predicted molar refractivity (Wildman–Crippen MR) is 75.3 cm³/mol. The van der Waals surface area contributed by atoms with Gasteiger partial charge in [-0.3, -0.25) is 9.88 Å². The minimum atomic E-state index is 0.557. The third kappa shape index (κ3) is 4.27. The molecule has 0 fully saturated rings. The molecule has 0 aromatic carbocycles. The number of ether oxygens (including phenoxy) is 1. The molecule has 1 aromatic rings. The van der Waals surface area contributed by atoms with E-state index in [9.17, 15) is 0 Å². The third-order valence-electron chi connectivity index (χ3n) is 3.32. The molecule has 0 unspecified atom stereocenters. The van der Waals surface area contributed by atoms with Gasteiger partial charge in [0.15, 0.2) is 0 Å². The summed E-state index contributed by atoms with van der Waals surface area (Å²) >= 11 is 0. The van der Waals surface area contributed by atoms with Crippen molar-refractivity contribution in [3.8, 4) is 0 Å². The smallest absolute Gasteiger partial charge is 0.0772 e. The van der Waals surface area contributed by atoms with Gasteiger partial charge in [0.2, 0.25) is 0 Å². The second-order valence-electron chi connectivity index (χ2n) is 4.47. The van der Waals surface area contributed by atoms with Gasteiger partial charge in [-0.05, 0) is 25.0 Å². The molecule has 0 saturated carbocycles. The average molecular weight is 251 g/mol. The SMILES string of the molecule is CCC(CC)N(CCOC)Cc1ncccc1N. The molecule has 2 N–H and O–H groups in total. The van der Waals surface area contributed by atoms with Crippen LogP contribution < -0.4 is 5.73 Å². The zero-order chi connectivity index (χ0) is 13.4. The molecule has 0 aliphatic heterocycles. The molecular formula is C14H25N3O. The topological polar surface area (TPSA) is 51.4 Å². The standard InChI is InChI=1S/C14H25N3O/c1-4-12(5-2)17(9-10-18-3)11-14-13(15)7-6-8-16-14/h6-8,12H,4-5,9-11,15H2,1-3H3. The Hall–Kier alpha value is -1.13. The van der Waals surface area contributed by atoms with Crippen molar-refractivity contribution >= 4 is 5.69 Å². The second-order valence-corrected chi connectivity index (χ2v) is 4.47. The van der Waals surface area contributed by atoms with Crippen molar-refractivity contribution in [2.45, 2.75) is 39.3 Å². The number of hydrogen-bond acceptors (Lipinski definition) is 4. The van der Waals surface area contributed by atoms with Gasteiger partial charge in [-0.25, -0.2) is 0 Å². The van der Waals surface area contributed by atoms with Gasteiger partial charge in [-0.15, -0.1) is 0 Å². The first-order chi connectivity index (χ1) is 8.72. The van der Waals surface area contributed by atoms with Crippen molar-refractivity contribution in [2.24, 2.45) is 0 Å². The molecular weight excluding hydrogens is 226 g/mol. The Labute approximate surface area is 110 Å². The van der Waals surface area contributed by atoms with E-state index in [0.29, 0.717) is 6.04 Å². The molecule has 4 heteroatoms. The van der Waals surface area contributed by atoms with E-state index >= 15 is 0 Å². The Morgan fingerprint density at radius 1 is 1.39 bits per heavy atom. The maximum atomic E-state index is 5.96. The van der Waals surface area contributed by atoms with Gasteiger partial charge in [0.05, 0.1) is 18.0 Å². The van der Waals surface area contributed by atoms with E-state index in [1.807, 2.05) is 12.1 Å². The van der Waals surface area contributed by atoms with Crippen LogP contribution in [-0.4, -0.2) is 36.2 Å². The lowest BCUT2D eigenvalue weighted by Crippen LogP contribution is -2.36. The van der Waals surface area contributed by atoms with Crippen molar-refractivity contribution in [3.63, 3.8) is 0 Å². The van der Waals surface area contributed by atoms with E-state index < -0.39 is 0 Å². The zero-order valence-corrected chi connectivity index (χ0v) is 11.7. The van der Waals surface area contributed by atoms with Crippen LogP contribution in [0.15, 0.2) is 18.3 Å². The van der Waals surface area contributed by atoms with Crippen molar-refractivity contribution in [1.82, 2.24) is 9.88 Å². The number of pyridine rings is 1. The fraction of sp³-hybridized carbons (Fsp3) is 0.643. The summed E-state index contributed by atoms with van der Waals surface area (Å²) in [6.45, 7) is 6.88. The highest BCUT2D eigenvalue weighted by Crippen LogP contribution is 2.15. The van der Waals surface area contributed by atoms with Crippen molar-refractivity contribution in [3.05, 3.63) is 24.0 Å². The van der Waals surface area contributed by atoms with Gasteiger partial charge < -0.3 is 10.5 Å². The van der Waals surface area contributed by atoms with Crippen LogP contribution in [0.1, 0.15) is 32.4 Å². The van der Waals surface area contributed by atoms with Gasteiger partial charge >= 0.3 is 0 Å². The van der Waals surface area contributed by atoms with E-state index in [4.69, 9.17) is 10.5 Å². The average Bonchev–Trinajstić information content (AvgIpc) is 2.39. The highest BCUT2D eigenvalue weighted by Gasteiger charge is 2.16. The summed E-state index contributed by atoms with van der Waals surface area (Å²) in [7, 11) is 1.74. The molecule has 0 bridgehead atoms. The number of nitrogens with zero attached hydrogens (tertiary/aromatic N) is 2. The molecule has 102 valence electrons. The van der Waals surface area contributed by atoms with Crippen molar-refractivity contribution in [1.29, 1.82) is 0 Å². The molecule has 0 spiro atoms. The number of rotatable bonds is 8. The van der Waals surface area contributed by atoms with E-state index in [2.05, 4.69) is 23.7 Å². The highest BCUT2D eigenvalue weighted by molar-refractivity contribution is 5.41. The second kappa shape index (κ2) is 8.06. The summed E-state index contributed by atoms with van der Waals surface area (Å²) in [5.41, 5.74) is 7.69. The van der Waals surface area contributed by atoms with E-state index in [0.717, 1.165) is 43.9 Å². The lowest BCUT2D eigenvalue weighted by Gasteiger charge is -2.30. The Kier molecular flexibility index (Phi) is 6.68. The maximum absolute atomic E-state index is 5.96.